The van der Waals surface area contributed by atoms with Crippen molar-refractivity contribution >= 4 is 15.7 Å². The van der Waals surface area contributed by atoms with Crippen LogP contribution in [0.1, 0.15) is 22.8 Å². The number of hydrogen-bond donors (Lipinski definition) is 0. The zero-order chi connectivity index (χ0) is 19.2. The average molecular weight is 389 g/mol. The highest BCUT2D eigenvalue weighted by atomic mass is 32.2. The van der Waals surface area contributed by atoms with Crippen LogP contribution in [0.15, 0.2) is 33.8 Å². The van der Waals surface area contributed by atoms with Gasteiger partial charge in [0.1, 0.15) is 16.2 Å². The summed E-state index contributed by atoms with van der Waals surface area (Å²) in [6, 6.07) is 5.96. The average Bonchev–Trinajstić information content (AvgIpc) is 3.15. The molecular weight excluding hydrogens is 366 g/mol. The van der Waals surface area contributed by atoms with E-state index < -0.39 is 10.0 Å². The van der Waals surface area contributed by atoms with Gasteiger partial charge in [0.05, 0.1) is 11.4 Å². The highest BCUT2D eigenvalue weighted by Crippen LogP contribution is 2.24. The number of aromatic nitrogens is 3. The van der Waals surface area contributed by atoms with Crippen LogP contribution in [-0.2, 0) is 16.6 Å². The lowest BCUT2D eigenvalue weighted by molar-refractivity contribution is 0.179. The number of nitrogens with zero attached hydrogens (tertiary/aromatic N) is 5. The maximum absolute atomic E-state index is 12.9. The molecule has 1 aliphatic heterocycles. The summed E-state index contributed by atoms with van der Waals surface area (Å²) in [5, 5.41) is 3.78. The van der Waals surface area contributed by atoms with Crippen LogP contribution in [0.4, 0.5) is 0 Å². The molecule has 0 radical (unpaired) electrons. The standard InChI is InChI=1S/C18H23N5O3S/c1-13-16(23-7-5-4-6-17(23)19-13)12-21-8-10-22(11-9-21)27(24,25)18-14(2)20-26-15(18)3/h4-7H,8-12H2,1-3H3. The number of rotatable bonds is 4. The lowest BCUT2D eigenvalue weighted by atomic mass is 10.3. The maximum Gasteiger partial charge on any atom is 0.248 e. The minimum Gasteiger partial charge on any atom is -0.360 e. The predicted molar refractivity (Wildman–Crippen MR) is 99.9 cm³/mol. The molecule has 0 unspecified atom stereocenters. The van der Waals surface area contributed by atoms with Crippen molar-refractivity contribution in [3.8, 4) is 0 Å². The monoisotopic (exact) mass is 389 g/mol. The van der Waals surface area contributed by atoms with E-state index in [4.69, 9.17) is 4.52 Å². The first-order valence-electron chi connectivity index (χ1n) is 8.96. The Morgan fingerprint density at radius 2 is 1.81 bits per heavy atom. The van der Waals surface area contributed by atoms with Crippen LogP contribution in [0.25, 0.3) is 5.65 Å². The van der Waals surface area contributed by atoms with Crippen LogP contribution >= 0.6 is 0 Å². The zero-order valence-corrected chi connectivity index (χ0v) is 16.5. The van der Waals surface area contributed by atoms with Gasteiger partial charge in [-0.15, -0.1) is 0 Å². The zero-order valence-electron chi connectivity index (χ0n) is 15.7. The number of pyridine rings is 1. The lowest BCUT2D eigenvalue weighted by Gasteiger charge is -2.33. The van der Waals surface area contributed by atoms with Gasteiger partial charge < -0.3 is 8.92 Å². The summed E-state index contributed by atoms with van der Waals surface area (Å²) < 4.78 is 34.5. The molecule has 8 nitrogen and oxygen atoms in total. The Balaban J connectivity index is 1.48. The smallest absolute Gasteiger partial charge is 0.248 e. The van der Waals surface area contributed by atoms with Crippen molar-refractivity contribution < 1.29 is 12.9 Å². The number of sulfonamides is 1. The Hall–Kier alpha value is -2.23. The summed E-state index contributed by atoms with van der Waals surface area (Å²) in [6.45, 7) is 8.29. The first-order valence-corrected chi connectivity index (χ1v) is 10.4. The van der Waals surface area contributed by atoms with Gasteiger partial charge in [-0.25, -0.2) is 13.4 Å². The van der Waals surface area contributed by atoms with E-state index in [1.54, 1.807) is 13.8 Å². The molecule has 0 bridgehead atoms. The number of fused-ring (bicyclic) bond motifs is 1. The van der Waals surface area contributed by atoms with E-state index in [2.05, 4.69) is 19.4 Å². The molecule has 3 aromatic rings. The van der Waals surface area contributed by atoms with E-state index in [0.717, 1.165) is 23.6 Å². The Morgan fingerprint density at radius 1 is 1.07 bits per heavy atom. The molecule has 0 aromatic carbocycles. The molecule has 9 heteroatoms. The number of imidazole rings is 1. The molecule has 0 aliphatic carbocycles. The Labute approximate surface area is 158 Å². The number of piperazine rings is 1. The number of hydrogen-bond acceptors (Lipinski definition) is 6. The molecule has 27 heavy (non-hydrogen) atoms. The third-order valence-corrected chi connectivity index (χ3v) is 7.24. The largest absolute Gasteiger partial charge is 0.360 e. The van der Waals surface area contributed by atoms with Crippen molar-refractivity contribution in [2.75, 3.05) is 26.2 Å². The fraction of sp³-hybridized carbons (Fsp3) is 0.444. The van der Waals surface area contributed by atoms with Gasteiger partial charge in [-0.2, -0.15) is 4.31 Å². The van der Waals surface area contributed by atoms with Gasteiger partial charge in [0.2, 0.25) is 10.0 Å². The summed E-state index contributed by atoms with van der Waals surface area (Å²) in [4.78, 5) is 7.07. The molecule has 1 aliphatic rings. The van der Waals surface area contributed by atoms with Crippen LogP contribution in [0.3, 0.4) is 0 Å². The number of aryl methyl sites for hydroxylation is 3. The van der Waals surface area contributed by atoms with E-state index in [-0.39, 0.29) is 4.90 Å². The van der Waals surface area contributed by atoms with Crippen LogP contribution in [0.5, 0.6) is 0 Å². The summed E-state index contributed by atoms with van der Waals surface area (Å²) in [5.41, 5.74) is 3.50. The summed E-state index contributed by atoms with van der Waals surface area (Å²) in [6.07, 6.45) is 2.02. The van der Waals surface area contributed by atoms with Gasteiger partial charge in [-0.3, -0.25) is 4.90 Å². The minimum atomic E-state index is -3.58. The minimum absolute atomic E-state index is 0.202. The molecule has 1 fully saturated rings. The summed E-state index contributed by atoms with van der Waals surface area (Å²) >= 11 is 0. The van der Waals surface area contributed by atoms with Crippen molar-refractivity contribution in [3.05, 3.63) is 47.2 Å². The molecule has 3 aromatic heterocycles. The Morgan fingerprint density at radius 3 is 2.48 bits per heavy atom. The van der Waals surface area contributed by atoms with Crippen LogP contribution in [0, 0.1) is 20.8 Å². The molecule has 0 N–H and O–H groups in total. The van der Waals surface area contributed by atoms with E-state index in [0.29, 0.717) is 37.6 Å². The highest BCUT2D eigenvalue weighted by molar-refractivity contribution is 7.89. The first-order chi connectivity index (χ1) is 12.9. The molecule has 144 valence electrons. The van der Waals surface area contributed by atoms with Crippen LogP contribution < -0.4 is 0 Å². The van der Waals surface area contributed by atoms with Gasteiger partial charge in [0.15, 0.2) is 5.76 Å². The molecular formula is C18H23N5O3S. The van der Waals surface area contributed by atoms with Gasteiger partial charge in [-0.1, -0.05) is 11.2 Å². The predicted octanol–water partition coefficient (Wildman–Crippen LogP) is 1.75. The van der Waals surface area contributed by atoms with Gasteiger partial charge in [0.25, 0.3) is 0 Å². The van der Waals surface area contributed by atoms with Crippen molar-refractivity contribution in [2.24, 2.45) is 0 Å². The van der Waals surface area contributed by atoms with Gasteiger partial charge in [-0.05, 0) is 32.9 Å². The van der Waals surface area contributed by atoms with Crippen molar-refractivity contribution in [2.45, 2.75) is 32.2 Å². The van der Waals surface area contributed by atoms with E-state index >= 15 is 0 Å². The molecule has 0 saturated carbocycles. The van der Waals surface area contributed by atoms with Crippen molar-refractivity contribution in [3.63, 3.8) is 0 Å². The van der Waals surface area contributed by atoms with E-state index in [1.165, 1.54) is 4.31 Å². The van der Waals surface area contributed by atoms with Crippen LogP contribution in [0.2, 0.25) is 0 Å². The molecule has 1 saturated heterocycles. The third kappa shape index (κ3) is 3.15. The highest BCUT2D eigenvalue weighted by Gasteiger charge is 2.33. The fourth-order valence-electron chi connectivity index (χ4n) is 3.67. The SMILES string of the molecule is Cc1noc(C)c1S(=O)(=O)N1CCN(Cc2c(C)nc3ccccn23)CC1. The molecule has 4 heterocycles. The van der Waals surface area contributed by atoms with Crippen molar-refractivity contribution in [1.29, 1.82) is 0 Å². The normalized spacial score (nSPS) is 17.0. The van der Waals surface area contributed by atoms with E-state index in [1.807, 2.05) is 31.3 Å². The molecule has 4 rings (SSSR count). The Kier molecular flexibility index (Phi) is 4.53. The van der Waals surface area contributed by atoms with E-state index in [9.17, 15) is 8.42 Å². The van der Waals surface area contributed by atoms with Crippen LogP contribution in [-0.4, -0.2) is 58.3 Å². The second-order valence-corrected chi connectivity index (χ2v) is 8.78. The first kappa shape index (κ1) is 18.1. The summed E-state index contributed by atoms with van der Waals surface area (Å²) in [7, 11) is -3.58. The maximum atomic E-state index is 12.9. The molecule has 0 amide bonds. The fourth-order valence-corrected chi connectivity index (χ4v) is 5.38. The third-order valence-electron chi connectivity index (χ3n) is 5.10. The topological polar surface area (TPSA) is 84.0 Å². The Bertz CT molecular complexity index is 1060. The van der Waals surface area contributed by atoms with Crippen molar-refractivity contribution in [1.82, 2.24) is 23.7 Å². The summed E-state index contributed by atoms with van der Waals surface area (Å²) in [5.74, 6) is 0.344. The quantitative estimate of drug-likeness (QED) is 0.676. The molecule has 0 atom stereocenters. The molecule has 0 spiro atoms. The van der Waals surface area contributed by atoms with Gasteiger partial charge >= 0.3 is 0 Å². The second kappa shape index (κ2) is 6.74. The second-order valence-electron chi connectivity index (χ2n) is 6.91. The lowest BCUT2D eigenvalue weighted by Crippen LogP contribution is -2.48. The van der Waals surface area contributed by atoms with Gasteiger partial charge in [0, 0.05) is 38.9 Å².